The molecule has 0 amide bonds. The van der Waals surface area contributed by atoms with Gasteiger partial charge in [-0.05, 0) is 6.42 Å². The van der Waals surface area contributed by atoms with E-state index in [-0.39, 0.29) is 11.7 Å². The van der Waals surface area contributed by atoms with Gasteiger partial charge in [-0.15, -0.1) is 0 Å². The van der Waals surface area contributed by atoms with Crippen LogP contribution >= 0.6 is 0 Å². The third-order valence-electron chi connectivity index (χ3n) is 2.78. The predicted octanol–water partition coefficient (Wildman–Crippen LogP) is 1.76. The Morgan fingerprint density at radius 2 is 1.95 bits per heavy atom. The van der Waals surface area contributed by atoms with Crippen molar-refractivity contribution in [2.45, 2.75) is 19.4 Å². The number of methoxy groups -OCH3 is 2. The van der Waals surface area contributed by atoms with Crippen LogP contribution in [0.25, 0.3) is 0 Å². The van der Waals surface area contributed by atoms with Crippen molar-refractivity contribution in [3.8, 4) is 11.5 Å². The summed E-state index contributed by atoms with van der Waals surface area (Å²) < 4.78 is 10.2. The zero-order valence-corrected chi connectivity index (χ0v) is 11.3. The van der Waals surface area contributed by atoms with E-state index in [0.29, 0.717) is 23.7 Å². The molecule has 1 rings (SSSR count). The second-order valence-electron chi connectivity index (χ2n) is 4.03. The Morgan fingerprint density at radius 1 is 1.37 bits per heavy atom. The molecule has 0 bridgehead atoms. The number of hydrogen-bond acceptors (Lipinski definition) is 6. The lowest BCUT2D eigenvalue weighted by Gasteiger charge is -2.14. The van der Waals surface area contributed by atoms with Gasteiger partial charge in [-0.25, -0.2) is 0 Å². The number of nitrogens with zero attached hydrogens (tertiary/aromatic N) is 1. The smallest absolute Gasteiger partial charge is 0.296 e. The lowest BCUT2D eigenvalue weighted by atomic mass is 10.2. The van der Waals surface area contributed by atoms with Crippen LogP contribution < -0.4 is 20.5 Å². The lowest BCUT2D eigenvalue weighted by molar-refractivity contribution is -0.384. The lowest BCUT2D eigenvalue weighted by Crippen LogP contribution is -2.28. The minimum Gasteiger partial charge on any atom is -0.493 e. The molecule has 0 aliphatic carbocycles. The van der Waals surface area contributed by atoms with Gasteiger partial charge < -0.3 is 20.5 Å². The van der Waals surface area contributed by atoms with Crippen LogP contribution in [-0.4, -0.2) is 31.7 Å². The molecule has 0 heterocycles. The van der Waals surface area contributed by atoms with Gasteiger partial charge in [-0.3, -0.25) is 10.1 Å². The first kappa shape index (κ1) is 15.0. The van der Waals surface area contributed by atoms with E-state index in [1.807, 2.05) is 6.92 Å². The maximum Gasteiger partial charge on any atom is 0.296 e. The number of nitrogens with two attached hydrogens (primary N) is 1. The fourth-order valence-electron chi connectivity index (χ4n) is 1.55. The second-order valence-corrected chi connectivity index (χ2v) is 4.03. The van der Waals surface area contributed by atoms with Gasteiger partial charge in [0.1, 0.15) is 5.69 Å². The summed E-state index contributed by atoms with van der Waals surface area (Å²) >= 11 is 0. The van der Waals surface area contributed by atoms with E-state index in [9.17, 15) is 10.1 Å². The molecule has 7 nitrogen and oxygen atoms in total. The summed E-state index contributed by atoms with van der Waals surface area (Å²) in [5.74, 6) is 0.750. The first-order chi connectivity index (χ1) is 9.03. The van der Waals surface area contributed by atoms with Crippen LogP contribution in [0.1, 0.15) is 13.3 Å². The van der Waals surface area contributed by atoms with Crippen LogP contribution in [0.15, 0.2) is 12.1 Å². The van der Waals surface area contributed by atoms with Crippen molar-refractivity contribution in [2.24, 2.45) is 5.73 Å². The zero-order valence-electron chi connectivity index (χ0n) is 11.3. The maximum absolute atomic E-state index is 11.0. The van der Waals surface area contributed by atoms with Gasteiger partial charge >= 0.3 is 0 Å². The second kappa shape index (κ2) is 6.79. The van der Waals surface area contributed by atoms with Crippen molar-refractivity contribution in [1.82, 2.24) is 0 Å². The van der Waals surface area contributed by atoms with Crippen LogP contribution in [0.2, 0.25) is 0 Å². The number of nitro benzene ring substituents is 1. The van der Waals surface area contributed by atoms with E-state index < -0.39 is 4.92 Å². The average Bonchev–Trinajstić information content (AvgIpc) is 2.43. The summed E-state index contributed by atoms with van der Waals surface area (Å²) in [4.78, 5) is 10.6. The molecule has 0 fully saturated rings. The van der Waals surface area contributed by atoms with Crippen molar-refractivity contribution in [3.05, 3.63) is 22.2 Å². The van der Waals surface area contributed by atoms with Gasteiger partial charge in [0.25, 0.3) is 5.69 Å². The molecule has 3 N–H and O–H groups in total. The molecule has 0 aliphatic heterocycles. The van der Waals surface area contributed by atoms with Gasteiger partial charge in [-0.2, -0.15) is 0 Å². The number of hydrogen-bond donors (Lipinski definition) is 2. The van der Waals surface area contributed by atoms with Crippen LogP contribution in [0.5, 0.6) is 11.5 Å². The number of rotatable bonds is 7. The molecule has 0 radical (unpaired) electrons. The molecular formula is C12H19N3O4. The molecule has 0 saturated heterocycles. The number of anilines is 1. The third kappa shape index (κ3) is 3.72. The van der Waals surface area contributed by atoms with Gasteiger partial charge in [0.15, 0.2) is 11.5 Å². The van der Waals surface area contributed by atoms with Crippen LogP contribution in [0, 0.1) is 10.1 Å². The molecule has 7 heteroatoms. The highest BCUT2D eigenvalue weighted by Gasteiger charge is 2.19. The average molecular weight is 269 g/mol. The van der Waals surface area contributed by atoms with Gasteiger partial charge in [0.2, 0.25) is 0 Å². The van der Waals surface area contributed by atoms with Gasteiger partial charge in [0.05, 0.1) is 25.2 Å². The van der Waals surface area contributed by atoms with E-state index in [1.54, 1.807) is 6.07 Å². The quantitative estimate of drug-likeness (QED) is 0.578. The summed E-state index contributed by atoms with van der Waals surface area (Å²) in [6, 6.07) is 2.81. The summed E-state index contributed by atoms with van der Waals surface area (Å²) in [5, 5.41) is 14.0. The molecule has 1 atom stereocenters. The van der Waals surface area contributed by atoms with E-state index in [2.05, 4.69) is 5.32 Å². The number of nitrogens with one attached hydrogen (secondary N) is 1. The molecule has 1 unspecified atom stereocenters. The van der Waals surface area contributed by atoms with Gasteiger partial charge in [0, 0.05) is 18.7 Å². The normalized spacial score (nSPS) is 11.8. The first-order valence-corrected chi connectivity index (χ1v) is 5.93. The molecule has 1 aromatic carbocycles. The van der Waals surface area contributed by atoms with E-state index in [1.165, 1.54) is 20.3 Å². The minimum absolute atomic E-state index is 0.0623. The van der Waals surface area contributed by atoms with Crippen LogP contribution in [0.4, 0.5) is 11.4 Å². The molecule has 0 spiro atoms. The minimum atomic E-state index is -0.470. The van der Waals surface area contributed by atoms with Crippen LogP contribution in [0.3, 0.4) is 0 Å². The van der Waals surface area contributed by atoms with E-state index in [4.69, 9.17) is 15.2 Å². The number of nitro groups is 1. The zero-order chi connectivity index (χ0) is 14.4. The molecule has 1 aromatic rings. The number of ether oxygens (including phenoxy) is 2. The summed E-state index contributed by atoms with van der Waals surface area (Å²) in [5.41, 5.74) is 6.08. The SMILES string of the molecule is CCC(N)CNc1cc(OC)c(OC)cc1[N+](=O)[O-]. The highest BCUT2D eigenvalue weighted by Crippen LogP contribution is 2.37. The maximum atomic E-state index is 11.0. The van der Waals surface area contributed by atoms with Crippen LogP contribution in [-0.2, 0) is 0 Å². The van der Waals surface area contributed by atoms with E-state index >= 15 is 0 Å². The Kier molecular flexibility index (Phi) is 5.37. The molecule has 0 aromatic heterocycles. The molecule has 0 aliphatic rings. The summed E-state index contributed by atoms with van der Waals surface area (Å²) in [6.45, 7) is 2.40. The Hall–Kier alpha value is -2.02. The number of benzene rings is 1. The van der Waals surface area contributed by atoms with Crippen molar-refractivity contribution < 1.29 is 14.4 Å². The topological polar surface area (TPSA) is 99.7 Å². The van der Waals surface area contributed by atoms with Crippen molar-refractivity contribution in [3.63, 3.8) is 0 Å². The Morgan fingerprint density at radius 3 is 2.42 bits per heavy atom. The first-order valence-electron chi connectivity index (χ1n) is 5.93. The Balaban J connectivity index is 3.09. The molecule has 106 valence electrons. The molecule has 0 saturated carbocycles. The standard InChI is InChI=1S/C12H19N3O4/c1-4-8(13)7-14-9-5-11(18-2)12(19-3)6-10(9)15(16)17/h5-6,8,14H,4,7,13H2,1-3H3. The molecule has 19 heavy (non-hydrogen) atoms. The highest BCUT2D eigenvalue weighted by molar-refractivity contribution is 5.68. The van der Waals surface area contributed by atoms with Crippen molar-refractivity contribution >= 4 is 11.4 Å². The van der Waals surface area contributed by atoms with Crippen molar-refractivity contribution in [2.75, 3.05) is 26.1 Å². The monoisotopic (exact) mass is 269 g/mol. The summed E-state index contributed by atoms with van der Waals surface area (Å²) in [7, 11) is 2.91. The third-order valence-corrected chi connectivity index (χ3v) is 2.78. The van der Waals surface area contributed by atoms with Gasteiger partial charge in [-0.1, -0.05) is 6.92 Å². The van der Waals surface area contributed by atoms with Crippen molar-refractivity contribution in [1.29, 1.82) is 0 Å². The summed E-state index contributed by atoms with van der Waals surface area (Å²) in [6.07, 6.45) is 0.786. The predicted molar refractivity (Wildman–Crippen MR) is 73.0 cm³/mol. The fourth-order valence-corrected chi connectivity index (χ4v) is 1.55. The Bertz CT molecular complexity index is 451. The van der Waals surface area contributed by atoms with E-state index in [0.717, 1.165) is 6.42 Å². The Labute approximate surface area is 111 Å². The molecular weight excluding hydrogens is 250 g/mol. The largest absolute Gasteiger partial charge is 0.493 e. The fraction of sp³-hybridized carbons (Fsp3) is 0.500. The highest BCUT2D eigenvalue weighted by atomic mass is 16.6.